The average Bonchev–Trinajstić information content (AvgIpc) is 2.95. The normalized spacial score (nSPS) is 23.5. The summed E-state index contributed by atoms with van der Waals surface area (Å²) in [6.45, 7) is 5.83. The minimum absolute atomic E-state index is 0.152. The van der Waals surface area contributed by atoms with Gasteiger partial charge >= 0.3 is 0 Å². The highest BCUT2D eigenvalue weighted by Gasteiger charge is 2.31. The molecule has 1 aliphatic heterocycles. The van der Waals surface area contributed by atoms with Crippen molar-refractivity contribution >= 4 is 5.78 Å². The van der Waals surface area contributed by atoms with Gasteiger partial charge in [0.1, 0.15) is 5.78 Å². The van der Waals surface area contributed by atoms with E-state index in [2.05, 4.69) is 12.0 Å². The standard InChI is InChI=1S/C13H21N3O2/c1-3-9-5-10(16(4-2)15-9)6-13(17)11-7-18-8-12(11)14/h5,11-12H,3-4,6-8,14H2,1-2H3. The molecule has 1 aromatic rings. The summed E-state index contributed by atoms with van der Waals surface area (Å²) in [5, 5.41) is 4.45. The zero-order valence-corrected chi connectivity index (χ0v) is 11.1. The molecule has 0 bridgehead atoms. The topological polar surface area (TPSA) is 70.1 Å². The molecule has 2 unspecified atom stereocenters. The maximum absolute atomic E-state index is 12.2. The summed E-state index contributed by atoms with van der Waals surface area (Å²) in [5.74, 6) is 0.00698. The van der Waals surface area contributed by atoms with Gasteiger partial charge in [-0.3, -0.25) is 9.48 Å². The minimum atomic E-state index is -0.157. The number of carbonyl (C=O) groups excluding carboxylic acids is 1. The van der Waals surface area contributed by atoms with Gasteiger partial charge in [-0.15, -0.1) is 0 Å². The number of nitrogens with two attached hydrogens (primary N) is 1. The molecule has 5 nitrogen and oxygen atoms in total. The molecule has 2 atom stereocenters. The summed E-state index contributed by atoms with van der Waals surface area (Å²) in [5.41, 5.74) is 7.89. The van der Waals surface area contributed by atoms with Crippen LogP contribution in [0.4, 0.5) is 0 Å². The number of hydrogen-bond donors (Lipinski definition) is 1. The Kier molecular flexibility index (Phi) is 4.14. The monoisotopic (exact) mass is 251 g/mol. The van der Waals surface area contributed by atoms with Crippen molar-refractivity contribution in [3.05, 3.63) is 17.5 Å². The largest absolute Gasteiger partial charge is 0.379 e. The molecule has 18 heavy (non-hydrogen) atoms. The van der Waals surface area contributed by atoms with E-state index < -0.39 is 0 Å². The Labute approximate surface area is 107 Å². The summed E-state index contributed by atoms with van der Waals surface area (Å²) in [6, 6.07) is 1.86. The van der Waals surface area contributed by atoms with Gasteiger partial charge < -0.3 is 10.5 Å². The van der Waals surface area contributed by atoms with Gasteiger partial charge in [0.25, 0.3) is 0 Å². The fourth-order valence-electron chi connectivity index (χ4n) is 2.32. The number of carbonyl (C=O) groups is 1. The summed E-state index contributed by atoms with van der Waals surface area (Å²) >= 11 is 0. The first-order valence-electron chi connectivity index (χ1n) is 6.57. The highest BCUT2D eigenvalue weighted by molar-refractivity contribution is 5.84. The van der Waals surface area contributed by atoms with Crippen LogP contribution in [0.25, 0.3) is 0 Å². The van der Waals surface area contributed by atoms with Crippen LogP contribution in [0.15, 0.2) is 6.07 Å². The number of aryl methyl sites for hydroxylation is 2. The van der Waals surface area contributed by atoms with Crippen LogP contribution >= 0.6 is 0 Å². The van der Waals surface area contributed by atoms with Gasteiger partial charge in [0.2, 0.25) is 0 Å². The molecule has 2 rings (SSSR count). The third-order valence-corrected chi connectivity index (χ3v) is 3.47. The van der Waals surface area contributed by atoms with Crippen LogP contribution in [0.2, 0.25) is 0 Å². The second-order valence-corrected chi connectivity index (χ2v) is 4.75. The number of aromatic nitrogens is 2. The molecule has 0 amide bonds. The molecular weight excluding hydrogens is 230 g/mol. The second kappa shape index (κ2) is 5.63. The number of nitrogens with zero attached hydrogens (tertiary/aromatic N) is 2. The molecule has 0 aromatic carbocycles. The zero-order valence-electron chi connectivity index (χ0n) is 11.1. The minimum Gasteiger partial charge on any atom is -0.379 e. The lowest BCUT2D eigenvalue weighted by molar-refractivity contribution is -0.122. The molecule has 100 valence electrons. The van der Waals surface area contributed by atoms with Gasteiger partial charge in [-0.1, -0.05) is 6.92 Å². The second-order valence-electron chi connectivity index (χ2n) is 4.75. The van der Waals surface area contributed by atoms with Crippen LogP contribution in [-0.2, 0) is 28.9 Å². The van der Waals surface area contributed by atoms with Gasteiger partial charge in [-0.2, -0.15) is 5.10 Å². The number of ether oxygens (including phenoxy) is 1. The predicted octanol–water partition coefficient (Wildman–Crippen LogP) is 0.551. The Morgan fingerprint density at radius 3 is 2.89 bits per heavy atom. The van der Waals surface area contributed by atoms with Gasteiger partial charge in [-0.25, -0.2) is 0 Å². The van der Waals surface area contributed by atoms with Gasteiger partial charge in [-0.05, 0) is 19.4 Å². The highest BCUT2D eigenvalue weighted by atomic mass is 16.5. The summed E-state index contributed by atoms with van der Waals surface area (Å²) in [7, 11) is 0. The van der Waals surface area contributed by atoms with Crippen LogP contribution in [-0.4, -0.2) is 34.8 Å². The Balaban J connectivity index is 2.08. The van der Waals surface area contributed by atoms with E-state index >= 15 is 0 Å². The fourth-order valence-corrected chi connectivity index (χ4v) is 2.32. The third kappa shape index (κ3) is 2.62. The summed E-state index contributed by atoms with van der Waals surface area (Å²) < 4.78 is 7.14. The molecule has 0 radical (unpaired) electrons. The molecule has 1 saturated heterocycles. The van der Waals surface area contributed by atoms with Crippen molar-refractivity contribution in [1.82, 2.24) is 9.78 Å². The van der Waals surface area contributed by atoms with Crippen LogP contribution < -0.4 is 5.73 Å². The average molecular weight is 251 g/mol. The van der Waals surface area contributed by atoms with Crippen molar-refractivity contribution in [3.8, 4) is 0 Å². The van der Waals surface area contributed by atoms with Crippen molar-refractivity contribution in [1.29, 1.82) is 0 Å². The maximum atomic E-state index is 12.2. The first-order chi connectivity index (χ1) is 8.65. The van der Waals surface area contributed by atoms with E-state index in [1.54, 1.807) is 0 Å². The molecule has 2 N–H and O–H groups in total. The van der Waals surface area contributed by atoms with Crippen LogP contribution in [0.3, 0.4) is 0 Å². The molecular formula is C13H21N3O2. The molecule has 0 spiro atoms. The first kappa shape index (κ1) is 13.2. The lowest BCUT2D eigenvalue weighted by atomic mass is 9.96. The van der Waals surface area contributed by atoms with Crippen molar-refractivity contribution in [2.24, 2.45) is 11.7 Å². The van der Waals surface area contributed by atoms with E-state index in [0.29, 0.717) is 19.6 Å². The van der Waals surface area contributed by atoms with E-state index in [-0.39, 0.29) is 17.7 Å². The van der Waals surface area contributed by atoms with E-state index in [4.69, 9.17) is 10.5 Å². The quantitative estimate of drug-likeness (QED) is 0.829. The molecule has 0 saturated carbocycles. The third-order valence-electron chi connectivity index (χ3n) is 3.47. The maximum Gasteiger partial charge on any atom is 0.145 e. The Morgan fingerprint density at radius 1 is 1.56 bits per heavy atom. The lowest BCUT2D eigenvalue weighted by Gasteiger charge is -2.12. The predicted molar refractivity (Wildman–Crippen MR) is 68.3 cm³/mol. The smallest absolute Gasteiger partial charge is 0.145 e. The number of rotatable bonds is 5. The summed E-state index contributed by atoms with van der Waals surface area (Å²) in [6.07, 6.45) is 1.29. The van der Waals surface area contributed by atoms with Crippen LogP contribution in [0.1, 0.15) is 25.2 Å². The van der Waals surface area contributed by atoms with Gasteiger partial charge in [0.15, 0.2) is 0 Å². The number of hydrogen-bond acceptors (Lipinski definition) is 4. The summed E-state index contributed by atoms with van der Waals surface area (Å²) in [4.78, 5) is 12.2. The van der Waals surface area contributed by atoms with E-state index in [9.17, 15) is 4.79 Å². The van der Waals surface area contributed by atoms with Crippen molar-refractivity contribution in [3.63, 3.8) is 0 Å². The van der Waals surface area contributed by atoms with Crippen LogP contribution in [0, 0.1) is 5.92 Å². The van der Waals surface area contributed by atoms with E-state index in [0.717, 1.165) is 24.4 Å². The number of ketones is 1. The van der Waals surface area contributed by atoms with Crippen molar-refractivity contribution < 1.29 is 9.53 Å². The number of Topliss-reactive ketones (excluding diaryl/α,β-unsaturated/α-hetero) is 1. The van der Waals surface area contributed by atoms with Gasteiger partial charge in [0, 0.05) is 24.7 Å². The van der Waals surface area contributed by atoms with Crippen molar-refractivity contribution in [2.45, 2.75) is 39.3 Å². The van der Waals surface area contributed by atoms with Gasteiger partial charge in [0.05, 0.1) is 24.8 Å². The fraction of sp³-hybridized carbons (Fsp3) is 0.692. The SMILES string of the molecule is CCc1cc(CC(=O)C2COCC2N)n(CC)n1. The van der Waals surface area contributed by atoms with E-state index in [1.807, 2.05) is 17.7 Å². The first-order valence-corrected chi connectivity index (χ1v) is 6.57. The molecule has 1 aromatic heterocycles. The zero-order chi connectivity index (χ0) is 13.1. The molecule has 5 heteroatoms. The van der Waals surface area contributed by atoms with Crippen LogP contribution in [0.5, 0.6) is 0 Å². The molecule has 1 aliphatic rings. The van der Waals surface area contributed by atoms with Crippen molar-refractivity contribution in [2.75, 3.05) is 13.2 Å². The molecule has 0 aliphatic carbocycles. The molecule has 1 fully saturated rings. The lowest BCUT2D eigenvalue weighted by Crippen LogP contribution is -2.35. The highest BCUT2D eigenvalue weighted by Crippen LogP contribution is 2.16. The Bertz CT molecular complexity index is 428. The molecule has 2 heterocycles. The Hall–Kier alpha value is -1.20. The van der Waals surface area contributed by atoms with E-state index in [1.165, 1.54) is 0 Å². The Morgan fingerprint density at radius 2 is 2.33 bits per heavy atom.